The number of methoxy groups -OCH3 is 1. The Labute approximate surface area is 274 Å². The van der Waals surface area contributed by atoms with E-state index >= 15 is 0 Å². The highest BCUT2D eigenvalue weighted by Gasteiger charge is 2.41. The number of amides is 2. The first kappa shape index (κ1) is 33.9. The lowest BCUT2D eigenvalue weighted by atomic mass is 9.79. The van der Waals surface area contributed by atoms with Gasteiger partial charge in [0.25, 0.3) is 0 Å². The summed E-state index contributed by atoms with van der Waals surface area (Å²) >= 11 is 6.10. The van der Waals surface area contributed by atoms with Gasteiger partial charge in [-0.1, -0.05) is 54.1 Å². The quantitative estimate of drug-likeness (QED) is 0.134. The van der Waals surface area contributed by atoms with Gasteiger partial charge in [-0.05, 0) is 78.4 Å². The van der Waals surface area contributed by atoms with Crippen LogP contribution in [0.1, 0.15) is 57.6 Å². The lowest BCUT2D eigenvalue weighted by molar-refractivity contribution is -0.137. The van der Waals surface area contributed by atoms with Crippen molar-refractivity contribution < 1.29 is 36.6 Å². The number of carbonyl (C=O) groups excluding carboxylic acids is 2. The monoisotopic (exact) mass is 669 g/mol. The lowest BCUT2D eigenvalue weighted by Crippen LogP contribution is -2.54. The van der Waals surface area contributed by atoms with Gasteiger partial charge in [0.15, 0.2) is 0 Å². The highest BCUT2D eigenvalue weighted by molar-refractivity contribution is 6.30. The zero-order chi connectivity index (χ0) is 33.6. The van der Waals surface area contributed by atoms with Gasteiger partial charge in [0, 0.05) is 18.7 Å². The van der Waals surface area contributed by atoms with Crippen molar-refractivity contribution in [3.05, 3.63) is 135 Å². The molecule has 1 aromatic heterocycles. The Hall–Kier alpha value is -4.48. The third kappa shape index (κ3) is 8.47. The summed E-state index contributed by atoms with van der Waals surface area (Å²) < 4.78 is 67.4. The van der Waals surface area contributed by atoms with Crippen molar-refractivity contribution in [1.29, 1.82) is 0 Å². The van der Waals surface area contributed by atoms with E-state index < -0.39 is 35.1 Å². The van der Waals surface area contributed by atoms with E-state index in [0.717, 1.165) is 17.7 Å². The van der Waals surface area contributed by atoms with Crippen LogP contribution >= 0.6 is 11.6 Å². The van der Waals surface area contributed by atoms with Gasteiger partial charge >= 0.3 is 18.2 Å². The standard InChI is InChI=1S/C35H32ClF4N3O4/c1-46-32(44)24-9-5-8-23(14-24)21-47-30-12-11-29(18-30)42-33(45)43-34(19-22-6-3-2-4-7-22,31-13-10-27(36)20-41-31)25-15-26(35(38,39)40)17-28(37)16-25/h2-10,13-17,20,29-30H,11-12,18-19,21H2,1H3,(H2,42,43,45)/t29-,30-,34+/m1/s1. The molecule has 47 heavy (non-hydrogen) atoms. The Balaban J connectivity index is 1.39. The number of halogens is 5. The molecule has 3 atom stereocenters. The van der Waals surface area contributed by atoms with Crippen LogP contribution in [0.3, 0.4) is 0 Å². The summed E-state index contributed by atoms with van der Waals surface area (Å²) in [6.45, 7) is 0.248. The van der Waals surface area contributed by atoms with Gasteiger partial charge in [-0.3, -0.25) is 4.98 Å². The second-order valence-corrected chi connectivity index (χ2v) is 11.8. The largest absolute Gasteiger partial charge is 0.465 e. The molecule has 1 heterocycles. The van der Waals surface area contributed by atoms with Crippen LogP contribution in [0, 0.1) is 5.82 Å². The number of ether oxygens (including phenoxy) is 2. The summed E-state index contributed by atoms with van der Waals surface area (Å²) in [5, 5.41) is 6.09. The van der Waals surface area contributed by atoms with Crippen molar-refractivity contribution in [3.8, 4) is 0 Å². The molecule has 1 fully saturated rings. The lowest BCUT2D eigenvalue weighted by Gasteiger charge is -2.36. The number of hydrogen-bond acceptors (Lipinski definition) is 5. The topological polar surface area (TPSA) is 89.5 Å². The Morgan fingerprint density at radius 3 is 2.38 bits per heavy atom. The second kappa shape index (κ2) is 14.5. The van der Waals surface area contributed by atoms with Gasteiger partial charge < -0.3 is 20.1 Å². The average molecular weight is 670 g/mol. The molecular weight excluding hydrogens is 638 g/mol. The number of rotatable bonds is 10. The summed E-state index contributed by atoms with van der Waals surface area (Å²) in [4.78, 5) is 30.0. The molecule has 1 saturated carbocycles. The summed E-state index contributed by atoms with van der Waals surface area (Å²) in [6.07, 6.45) is -2.04. The van der Waals surface area contributed by atoms with Crippen LogP contribution in [0.5, 0.6) is 0 Å². The molecule has 0 saturated heterocycles. The summed E-state index contributed by atoms with van der Waals surface area (Å²) in [7, 11) is 1.31. The molecule has 246 valence electrons. The van der Waals surface area contributed by atoms with Crippen molar-refractivity contribution >= 4 is 23.6 Å². The zero-order valence-electron chi connectivity index (χ0n) is 25.3. The smallest absolute Gasteiger partial charge is 0.416 e. The molecule has 7 nitrogen and oxygen atoms in total. The first-order chi connectivity index (χ1) is 22.4. The van der Waals surface area contributed by atoms with Crippen molar-refractivity contribution in [2.45, 2.75) is 56.2 Å². The van der Waals surface area contributed by atoms with Crippen LogP contribution in [-0.4, -0.2) is 36.2 Å². The normalized spacial score (nSPS) is 17.5. The van der Waals surface area contributed by atoms with Gasteiger partial charge in [-0.2, -0.15) is 13.2 Å². The first-order valence-electron chi connectivity index (χ1n) is 14.9. The number of benzene rings is 3. The molecule has 5 rings (SSSR count). The van der Waals surface area contributed by atoms with Crippen LogP contribution < -0.4 is 10.6 Å². The molecule has 3 aromatic carbocycles. The van der Waals surface area contributed by atoms with E-state index in [0.29, 0.717) is 36.5 Å². The minimum absolute atomic E-state index is 0.0440. The third-order valence-electron chi connectivity index (χ3n) is 8.08. The molecule has 1 aliphatic carbocycles. The molecule has 0 radical (unpaired) electrons. The van der Waals surface area contributed by atoms with Crippen LogP contribution in [0.25, 0.3) is 0 Å². The van der Waals surface area contributed by atoms with Crippen molar-refractivity contribution in [2.75, 3.05) is 7.11 Å². The Kier molecular flexibility index (Phi) is 10.5. The van der Waals surface area contributed by atoms with Crippen molar-refractivity contribution in [3.63, 3.8) is 0 Å². The molecular formula is C35H32ClF4N3O4. The van der Waals surface area contributed by atoms with Crippen LogP contribution in [0.4, 0.5) is 22.4 Å². The molecule has 0 unspecified atom stereocenters. The van der Waals surface area contributed by atoms with Gasteiger partial charge in [0.05, 0.1) is 41.7 Å². The van der Waals surface area contributed by atoms with E-state index in [-0.39, 0.29) is 41.5 Å². The molecule has 1 aliphatic rings. The molecule has 0 aliphatic heterocycles. The zero-order valence-corrected chi connectivity index (χ0v) is 26.1. The second-order valence-electron chi connectivity index (χ2n) is 11.4. The number of alkyl halides is 3. The summed E-state index contributed by atoms with van der Waals surface area (Å²) in [5.41, 5.74) is -1.04. The number of carbonyl (C=O) groups is 2. The molecule has 0 spiro atoms. The number of nitrogens with zero attached hydrogens (tertiary/aromatic N) is 1. The number of esters is 1. The Bertz CT molecular complexity index is 1710. The maximum atomic E-state index is 14.9. The van der Waals surface area contributed by atoms with Gasteiger partial charge in [0.2, 0.25) is 0 Å². The highest BCUT2D eigenvalue weighted by Crippen LogP contribution is 2.38. The van der Waals surface area contributed by atoms with E-state index in [1.807, 2.05) is 6.07 Å². The Morgan fingerprint density at radius 1 is 0.936 bits per heavy atom. The summed E-state index contributed by atoms with van der Waals surface area (Å²) in [6, 6.07) is 20.0. The fourth-order valence-electron chi connectivity index (χ4n) is 5.81. The number of hydrogen-bond donors (Lipinski definition) is 2. The van der Waals surface area contributed by atoms with Gasteiger partial charge in [0.1, 0.15) is 11.4 Å². The van der Waals surface area contributed by atoms with Crippen molar-refractivity contribution in [1.82, 2.24) is 15.6 Å². The SMILES string of the molecule is COC(=O)c1cccc(CO[C@@H]2CC[C@@H](NC(=O)N[C@@](Cc3ccccc3)(c3cc(F)cc(C(F)(F)F)c3)c3ccc(Cl)cn3)C2)c1. The van der Waals surface area contributed by atoms with Crippen molar-refractivity contribution in [2.24, 2.45) is 0 Å². The third-order valence-corrected chi connectivity index (χ3v) is 8.30. The van der Waals surface area contributed by atoms with E-state index in [2.05, 4.69) is 15.6 Å². The maximum Gasteiger partial charge on any atom is 0.416 e. The van der Waals surface area contributed by atoms with E-state index in [1.165, 1.54) is 25.4 Å². The molecule has 12 heteroatoms. The van der Waals surface area contributed by atoms with Gasteiger partial charge in [-0.15, -0.1) is 0 Å². The number of aromatic nitrogens is 1. The average Bonchev–Trinajstić information content (AvgIpc) is 3.50. The minimum Gasteiger partial charge on any atom is -0.465 e. The molecule has 2 amide bonds. The number of urea groups is 1. The predicted molar refractivity (Wildman–Crippen MR) is 167 cm³/mol. The molecule has 4 aromatic rings. The Morgan fingerprint density at radius 2 is 1.68 bits per heavy atom. The van der Waals surface area contributed by atoms with Crippen LogP contribution in [-0.2, 0) is 34.2 Å². The number of nitrogens with one attached hydrogen (secondary N) is 2. The predicted octanol–water partition coefficient (Wildman–Crippen LogP) is 7.60. The van der Waals surface area contributed by atoms with Gasteiger partial charge in [-0.25, -0.2) is 14.0 Å². The van der Waals surface area contributed by atoms with E-state index in [1.54, 1.807) is 48.5 Å². The van der Waals surface area contributed by atoms with Crippen LogP contribution in [0.15, 0.2) is 91.1 Å². The number of pyridine rings is 1. The van der Waals surface area contributed by atoms with Crippen LogP contribution in [0.2, 0.25) is 5.02 Å². The minimum atomic E-state index is -4.84. The van der Waals surface area contributed by atoms with E-state index in [9.17, 15) is 27.2 Å². The highest BCUT2D eigenvalue weighted by atomic mass is 35.5. The van der Waals surface area contributed by atoms with E-state index in [4.69, 9.17) is 21.1 Å². The fraction of sp³-hybridized carbons (Fsp3) is 0.286. The molecule has 2 N–H and O–H groups in total. The first-order valence-corrected chi connectivity index (χ1v) is 15.2. The fourth-order valence-corrected chi connectivity index (χ4v) is 5.92. The summed E-state index contributed by atoms with van der Waals surface area (Å²) in [5.74, 6) is -1.57. The maximum absolute atomic E-state index is 14.9. The molecule has 0 bridgehead atoms.